The van der Waals surface area contributed by atoms with E-state index in [1.807, 2.05) is 61.5 Å². The van der Waals surface area contributed by atoms with Gasteiger partial charge in [0.1, 0.15) is 17.4 Å². The zero-order valence-corrected chi connectivity index (χ0v) is 16.3. The Kier molecular flexibility index (Phi) is 5.57. The second kappa shape index (κ2) is 8.44. The van der Waals surface area contributed by atoms with Crippen LogP contribution in [0.4, 0.5) is 8.78 Å². The lowest BCUT2D eigenvalue weighted by Crippen LogP contribution is -1.96. The smallest absolute Gasteiger partial charge is 0.134 e. The van der Waals surface area contributed by atoms with Gasteiger partial charge in [-0.2, -0.15) is 0 Å². The van der Waals surface area contributed by atoms with Gasteiger partial charge in [-0.3, -0.25) is 0 Å². The summed E-state index contributed by atoms with van der Waals surface area (Å²) in [6.45, 7) is 2.60. The van der Waals surface area contributed by atoms with Crippen molar-refractivity contribution in [1.29, 1.82) is 0 Å². The molecule has 0 unspecified atom stereocenters. The number of aryl methyl sites for hydroxylation is 2. The van der Waals surface area contributed by atoms with Gasteiger partial charge in [0.2, 0.25) is 0 Å². The molecular formula is C26H22F2O. The van der Waals surface area contributed by atoms with Gasteiger partial charge in [-0.05, 0) is 77.7 Å². The van der Waals surface area contributed by atoms with E-state index in [0.717, 1.165) is 27.8 Å². The third kappa shape index (κ3) is 4.29. The van der Waals surface area contributed by atoms with Crippen molar-refractivity contribution >= 4 is 10.8 Å². The largest absolute Gasteiger partial charge is 0.494 e. The SMILES string of the molecule is CCOc1ccc(-c2ccc3c(F)c(CCc4ccc(F)cc4)ccc3c2)cc1. The summed E-state index contributed by atoms with van der Waals surface area (Å²) < 4.78 is 33.6. The molecule has 3 heteroatoms. The first kappa shape index (κ1) is 19.1. The first-order chi connectivity index (χ1) is 14.1. The van der Waals surface area contributed by atoms with E-state index >= 15 is 4.39 Å². The molecule has 0 bridgehead atoms. The van der Waals surface area contributed by atoms with Crippen LogP contribution >= 0.6 is 0 Å². The molecule has 0 radical (unpaired) electrons. The van der Waals surface area contributed by atoms with Crippen LogP contribution in [0.3, 0.4) is 0 Å². The van der Waals surface area contributed by atoms with Crippen molar-refractivity contribution in [2.24, 2.45) is 0 Å². The lowest BCUT2D eigenvalue weighted by atomic mass is 9.97. The molecule has 0 amide bonds. The quantitative estimate of drug-likeness (QED) is 0.347. The van der Waals surface area contributed by atoms with Crippen LogP contribution in [0.5, 0.6) is 5.75 Å². The van der Waals surface area contributed by atoms with Gasteiger partial charge in [0.15, 0.2) is 0 Å². The van der Waals surface area contributed by atoms with Crippen molar-refractivity contribution < 1.29 is 13.5 Å². The minimum Gasteiger partial charge on any atom is -0.494 e. The highest BCUT2D eigenvalue weighted by Crippen LogP contribution is 2.29. The van der Waals surface area contributed by atoms with Crippen molar-refractivity contribution in [2.75, 3.05) is 6.61 Å². The highest BCUT2D eigenvalue weighted by molar-refractivity contribution is 5.88. The van der Waals surface area contributed by atoms with E-state index in [9.17, 15) is 4.39 Å². The molecule has 1 nitrogen and oxygen atoms in total. The molecule has 0 saturated carbocycles. The maximum absolute atomic E-state index is 15.0. The Balaban J connectivity index is 1.57. The average Bonchev–Trinajstić information content (AvgIpc) is 2.75. The highest BCUT2D eigenvalue weighted by Gasteiger charge is 2.09. The van der Waals surface area contributed by atoms with Crippen LogP contribution in [0.2, 0.25) is 0 Å². The van der Waals surface area contributed by atoms with E-state index in [0.29, 0.717) is 30.4 Å². The van der Waals surface area contributed by atoms with Crippen molar-refractivity contribution in [3.63, 3.8) is 0 Å². The molecule has 0 saturated heterocycles. The van der Waals surface area contributed by atoms with Crippen LogP contribution in [-0.4, -0.2) is 6.61 Å². The molecule has 0 N–H and O–H groups in total. The summed E-state index contributed by atoms with van der Waals surface area (Å²) in [4.78, 5) is 0. The number of fused-ring (bicyclic) bond motifs is 1. The Bertz CT molecular complexity index is 1120. The second-order valence-corrected chi connectivity index (χ2v) is 7.06. The van der Waals surface area contributed by atoms with Gasteiger partial charge in [0.05, 0.1) is 6.61 Å². The molecule has 0 fully saturated rings. The molecule has 146 valence electrons. The first-order valence-corrected chi connectivity index (χ1v) is 9.83. The minimum atomic E-state index is -0.256. The molecule has 4 rings (SSSR count). The molecule has 0 spiro atoms. The lowest BCUT2D eigenvalue weighted by molar-refractivity contribution is 0.340. The fourth-order valence-electron chi connectivity index (χ4n) is 3.55. The van der Waals surface area contributed by atoms with Gasteiger partial charge >= 0.3 is 0 Å². The summed E-state index contributed by atoms with van der Waals surface area (Å²) in [6.07, 6.45) is 1.25. The molecule has 0 heterocycles. The van der Waals surface area contributed by atoms with Crippen LogP contribution in [-0.2, 0) is 12.8 Å². The number of rotatable bonds is 6. The molecule has 0 aromatic heterocycles. The van der Waals surface area contributed by atoms with E-state index in [1.165, 1.54) is 12.1 Å². The Hall–Kier alpha value is -3.20. The molecular weight excluding hydrogens is 366 g/mol. The van der Waals surface area contributed by atoms with Gasteiger partial charge in [0, 0.05) is 5.39 Å². The Labute approximate surface area is 169 Å². The second-order valence-electron chi connectivity index (χ2n) is 7.06. The van der Waals surface area contributed by atoms with Crippen LogP contribution in [0, 0.1) is 11.6 Å². The number of halogens is 2. The summed E-state index contributed by atoms with van der Waals surface area (Å²) in [5.41, 5.74) is 3.78. The van der Waals surface area contributed by atoms with Crippen LogP contribution in [0.15, 0.2) is 78.9 Å². The number of hydrogen-bond acceptors (Lipinski definition) is 1. The number of ether oxygens (including phenoxy) is 1. The monoisotopic (exact) mass is 388 g/mol. The standard InChI is InChI=1S/C26H22F2O/c1-2-29-24-14-9-19(10-15-24)21-11-16-25-22(17-21)8-7-20(26(25)28)6-3-18-4-12-23(27)13-5-18/h4-5,7-17H,2-3,6H2,1H3. The van der Waals surface area contributed by atoms with E-state index in [1.54, 1.807) is 12.1 Å². The Morgan fingerprint density at radius 2 is 1.45 bits per heavy atom. The average molecular weight is 388 g/mol. The van der Waals surface area contributed by atoms with Crippen molar-refractivity contribution in [3.05, 3.63) is 102 Å². The third-order valence-corrected chi connectivity index (χ3v) is 5.13. The van der Waals surface area contributed by atoms with Gasteiger partial charge in [0.25, 0.3) is 0 Å². The van der Waals surface area contributed by atoms with Gasteiger partial charge in [-0.15, -0.1) is 0 Å². The molecule has 0 atom stereocenters. The maximum atomic E-state index is 15.0. The lowest BCUT2D eigenvalue weighted by Gasteiger charge is -2.10. The summed E-state index contributed by atoms with van der Waals surface area (Å²) in [5, 5.41) is 1.50. The predicted molar refractivity (Wildman–Crippen MR) is 114 cm³/mol. The zero-order chi connectivity index (χ0) is 20.2. The van der Waals surface area contributed by atoms with Crippen molar-refractivity contribution in [1.82, 2.24) is 0 Å². The van der Waals surface area contributed by atoms with E-state index in [-0.39, 0.29) is 11.6 Å². The van der Waals surface area contributed by atoms with Gasteiger partial charge in [-0.1, -0.05) is 48.5 Å². The van der Waals surface area contributed by atoms with Crippen LogP contribution in [0.25, 0.3) is 21.9 Å². The number of benzene rings is 4. The third-order valence-electron chi connectivity index (χ3n) is 5.13. The molecule has 29 heavy (non-hydrogen) atoms. The van der Waals surface area contributed by atoms with Crippen molar-refractivity contribution in [2.45, 2.75) is 19.8 Å². The van der Waals surface area contributed by atoms with Gasteiger partial charge < -0.3 is 4.74 Å². The molecule has 0 aliphatic carbocycles. The van der Waals surface area contributed by atoms with Crippen LogP contribution in [0.1, 0.15) is 18.1 Å². The molecule has 0 aliphatic rings. The number of hydrogen-bond donors (Lipinski definition) is 0. The predicted octanol–water partition coefficient (Wildman–Crippen LogP) is 6.97. The topological polar surface area (TPSA) is 9.23 Å². The van der Waals surface area contributed by atoms with E-state index in [2.05, 4.69) is 0 Å². The highest BCUT2D eigenvalue weighted by atomic mass is 19.1. The van der Waals surface area contributed by atoms with Gasteiger partial charge in [-0.25, -0.2) is 8.78 Å². The first-order valence-electron chi connectivity index (χ1n) is 9.83. The van der Waals surface area contributed by atoms with Crippen LogP contribution < -0.4 is 4.74 Å². The summed E-state index contributed by atoms with van der Waals surface area (Å²) in [7, 11) is 0. The summed E-state index contributed by atoms with van der Waals surface area (Å²) >= 11 is 0. The summed E-state index contributed by atoms with van der Waals surface area (Å²) in [6, 6.07) is 23.9. The zero-order valence-electron chi connectivity index (χ0n) is 16.3. The normalized spacial score (nSPS) is 11.0. The fraction of sp³-hybridized carbons (Fsp3) is 0.154. The molecule has 4 aromatic rings. The maximum Gasteiger partial charge on any atom is 0.134 e. The Morgan fingerprint density at radius 1 is 0.724 bits per heavy atom. The minimum absolute atomic E-state index is 0.178. The molecule has 0 aliphatic heterocycles. The fourth-order valence-corrected chi connectivity index (χ4v) is 3.55. The Morgan fingerprint density at radius 3 is 2.17 bits per heavy atom. The van der Waals surface area contributed by atoms with Crippen molar-refractivity contribution in [3.8, 4) is 16.9 Å². The summed E-state index contributed by atoms with van der Waals surface area (Å²) in [5.74, 6) is 0.408. The molecule has 4 aromatic carbocycles. The van der Waals surface area contributed by atoms with E-state index < -0.39 is 0 Å². The van der Waals surface area contributed by atoms with E-state index in [4.69, 9.17) is 4.74 Å².